The van der Waals surface area contributed by atoms with Crippen LogP contribution in [0.3, 0.4) is 0 Å². The lowest BCUT2D eigenvalue weighted by molar-refractivity contribution is -0.144. The summed E-state index contributed by atoms with van der Waals surface area (Å²) >= 11 is 0. The number of rotatable bonds is 5. The number of carbonyl (C=O) groups excluding carboxylic acids is 1. The first kappa shape index (κ1) is 17.4. The molecule has 24 heavy (non-hydrogen) atoms. The fourth-order valence-corrected chi connectivity index (χ4v) is 1.69. The third-order valence-corrected chi connectivity index (χ3v) is 3.76. The molecule has 0 bridgehead atoms. The molecular formula is C19H19N3O2. The topological polar surface area (TPSA) is 74.8 Å². The van der Waals surface area contributed by atoms with Crippen LogP contribution in [0.5, 0.6) is 5.75 Å². The summed E-state index contributed by atoms with van der Waals surface area (Å²) in [6.45, 7) is 5.67. The second kappa shape index (κ2) is 7.51. The van der Waals surface area contributed by atoms with Gasteiger partial charge in [0.2, 0.25) is 0 Å². The van der Waals surface area contributed by atoms with E-state index in [0.717, 1.165) is 0 Å². The zero-order valence-electron chi connectivity index (χ0n) is 14.0. The smallest absolute Gasteiger partial charge is 0.316 e. The Hall–Kier alpha value is -3.00. The fraction of sp³-hybridized carbons (Fsp3) is 0.263. The zero-order valence-corrected chi connectivity index (χ0v) is 14.0. The van der Waals surface area contributed by atoms with Crippen molar-refractivity contribution in [2.45, 2.75) is 27.2 Å². The third-order valence-electron chi connectivity index (χ3n) is 3.76. The van der Waals surface area contributed by atoms with Crippen LogP contribution in [0, 0.1) is 16.7 Å². The molecule has 0 amide bonds. The molecule has 0 aromatic heterocycles. The summed E-state index contributed by atoms with van der Waals surface area (Å²) in [5.41, 5.74) is 1.38. The van der Waals surface area contributed by atoms with E-state index in [4.69, 9.17) is 10.00 Å². The zero-order chi connectivity index (χ0) is 17.6. The predicted octanol–water partition coefficient (Wildman–Crippen LogP) is 5.32. The van der Waals surface area contributed by atoms with Crippen LogP contribution in [0.1, 0.15) is 32.8 Å². The molecule has 5 heteroatoms. The minimum absolute atomic E-state index is 0.253. The van der Waals surface area contributed by atoms with Crippen molar-refractivity contribution in [3.8, 4) is 11.8 Å². The number of ether oxygens (including phenoxy) is 1. The average molecular weight is 321 g/mol. The van der Waals surface area contributed by atoms with Crippen molar-refractivity contribution in [3.05, 3.63) is 54.1 Å². The molecule has 0 radical (unpaired) electrons. The Morgan fingerprint density at radius 3 is 2.00 bits per heavy atom. The van der Waals surface area contributed by atoms with E-state index in [0.29, 0.717) is 29.1 Å². The Labute approximate surface area is 141 Å². The van der Waals surface area contributed by atoms with Gasteiger partial charge in [0.1, 0.15) is 5.75 Å². The van der Waals surface area contributed by atoms with E-state index in [2.05, 4.69) is 16.3 Å². The first-order valence-electron chi connectivity index (χ1n) is 7.69. The molecular weight excluding hydrogens is 302 g/mol. The van der Waals surface area contributed by atoms with E-state index in [-0.39, 0.29) is 5.97 Å². The maximum Gasteiger partial charge on any atom is 0.316 e. The Kier molecular flexibility index (Phi) is 5.43. The van der Waals surface area contributed by atoms with Gasteiger partial charge in [-0.2, -0.15) is 15.5 Å². The van der Waals surface area contributed by atoms with Crippen LogP contribution >= 0.6 is 0 Å². The summed E-state index contributed by atoms with van der Waals surface area (Å²) < 4.78 is 5.37. The maximum atomic E-state index is 12.0. The van der Waals surface area contributed by atoms with Crippen LogP contribution < -0.4 is 4.74 Å². The van der Waals surface area contributed by atoms with Gasteiger partial charge in [0, 0.05) is 0 Å². The van der Waals surface area contributed by atoms with Gasteiger partial charge in [-0.3, -0.25) is 4.79 Å². The largest absolute Gasteiger partial charge is 0.426 e. The number of esters is 1. The van der Waals surface area contributed by atoms with Crippen LogP contribution in [0.4, 0.5) is 11.4 Å². The summed E-state index contributed by atoms with van der Waals surface area (Å²) in [5, 5.41) is 17.0. The quantitative estimate of drug-likeness (QED) is 0.425. The summed E-state index contributed by atoms with van der Waals surface area (Å²) in [5.74, 6) is 0.232. The van der Waals surface area contributed by atoms with E-state index in [1.165, 1.54) is 0 Å². The molecule has 0 aliphatic carbocycles. The van der Waals surface area contributed by atoms with Crippen molar-refractivity contribution < 1.29 is 9.53 Å². The Morgan fingerprint density at radius 2 is 1.54 bits per heavy atom. The standard InChI is InChI=1S/C19H19N3O2/c1-4-19(2,3)18(23)24-17-11-9-16(10-12-17)22-21-15-7-5-14(13-20)6-8-15/h5-12H,4H2,1-3H3/b22-21+. The third kappa shape index (κ3) is 4.50. The molecule has 0 saturated heterocycles. The monoisotopic (exact) mass is 321 g/mol. The van der Waals surface area contributed by atoms with Gasteiger partial charge in [0.15, 0.2) is 0 Å². The van der Waals surface area contributed by atoms with Gasteiger partial charge in [0.25, 0.3) is 0 Å². The van der Waals surface area contributed by atoms with Crippen LogP contribution in [0.25, 0.3) is 0 Å². The van der Waals surface area contributed by atoms with Gasteiger partial charge in [-0.15, -0.1) is 0 Å². The number of azo groups is 1. The minimum Gasteiger partial charge on any atom is -0.426 e. The summed E-state index contributed by atoms with van der Waals surface area (Å²) in [4.78, 5) is 12.0. The predicted molar refractivity (Wildman–Crippen MR) is 91.5 cm³/mol. The summed E-state index contributed by atoms with van der Waals surface area (Å²) in [6.07, 6.45) is 0.711. The highest BCUT2D eigenvalue weighted by molar-refractivity contribution is 5.78. The highest BCUT2D eigenvalue weighted by atomic mass is 16.5. The van der Waals surface area contributed by atoms with E-state index in [1.54, 1.807) is 48.5 Å². The number of nitriles is 1. The molecule has 0 fully saturated rings. The second-order valence-corrected chi connectivity index (χ2v) is 5.98. The second-order valence-electron chi connectivity index (χ2n) is 5.98. The van der Waals surface area contributed by atoms with Crippen molar-refractivity contribution in [2.75, 3.05) is 0 Å². The average Bonchev–Trinajstić information content (AvgIpc) is 2.61. The van der Waals surface area contributed by atoms with E-state index in [1.807, 2.05) is 20.8 Å². The molecule has 5 nitrogen and oxygen atoms in total. The lowest BCUT2D eigenvalue weighted by Gasteiger charge is -2.19. The lowest BCUT2D eigenvalue weighted by Crippen LogP contribution is -2.28. The van der Waals surface area contributed by atoms with Crippen molar-refractivity contribution in [3.63, 3.8) is 0 Å². The highest BCUT2D eigenvalue weighted by Crippen LogP contribution is 2.25. The van der Waals surface area contributed by atoms with Crippen molar-refractivity contribution in [2.24, 2.45) is 15.6 Å². The van der Waals surface area contributed by atoms with Gasteiger partial charge in [0.05, 0.1) is 28.4 Å². The van der Waals surface area contributed by atoms with Gasteiger partial charge in [-0.1, -0.05) is 6.92 Å². The van der Waals surface area contributed by atoms with Gasteiger partial charge in [-0.05, 0) is 68.8 Å². The molecule has 0 aliphatic rings. The fourth-order valence-electron chi connectivity index (χ4n) is 1.69. The molecule has 0 unspecified atom stereocenters. The first-order valence-corrected chi connectivity index (χ1v) is 7.69. The molecule has 0 spiro atoms. The van der Waals surface area contributed by atoms with Crippen LogP contribution in [-0.4, -0.2) is 5.97 Å². The number of hydrogen-bond acceptors (Lipinski definition) is 5. The summed E-state index contributed by atoms with van der Waals surface area (Å²) in [6, 6.07) is 15.7. The van der Waals surface area contributed by atoms with Gasteiger partial charge >= 0.3 is 5.97 Å². The molecule has 2 aromatic carbocycles. The van der Waals surface area contributed by atoms with Crippen LogP contribution in [-0.2, 0) is 4.79 Å². The van der Waals surface area contributed by atoms with E-state index >= 15 is 0 Å². The number of hydrogen-bond donors (Lipinski definition) is 0. The van der Waals surface area contributed by atoms with Crippen LogP contribution in [0.15, 0.2) is 58.8 Å². The molecule has 0 atom stereocenters. The highest BCUT2D eigenvalue weighted by Gasteiger charge is 2.27. The maximum absolute atomic E-state index is 12.0. The number of benzene rings is 2. The first-order chi connectivity index (χ1) is 11.4. The van der Waals surface area contributed by atoms with Gasteiger partial charge in [-0.25, -0.2) is 0 Å². The summed E-state index contributed by atoms with van der Waals surface area (Å²) in [7, 11) is 0. The molecule has 0 heterocycles. The van der Waals surface area contributed by atoms with Crippen molar-refractivity contribution >= 4 is 17.3 Å². The minimum atomic E-state index is -0.506. The molecule has 0 N–H and O–H groups in total. The van der Waals surface area contributed by atoms with Gasteiger partial charge < -0.3 is 4.74 Å². The Bertz CT molecular complexity index is 770. The molecule has 0 aliphatic heterocycles. The molecule has 122 valence electrons. The molecule has 0 saturated carbocycles. The normalized spacial score (nSPS) is 11.2. The Morgan fingerprint density at radius 1 is 1.04 bits per heavy atom. The number of nitrogens with zero attached hydrogens (tertiary/aromatic N) is 3. The number of carbonyl (C=O) groups is 1. The van der Waals surface area contributed by atoms with E-state index in [9.17, 15) is 4.79 Å². The Balaban J connectivity index is 2.02. The molecule has 2 aromatic rings. The SMILES string of the molecule is CCC(C)(C)C(=O)Oc1ccc(/N=N/c2ccc(C#N)cc2)cc1. The molecule has 2 rings (SSSR count). The van der Waals surface area contributed by atoms with Crippen molar-refractivity contribution in [1.29, 1.82) is 5.26 Å². The van der Waals surface area contributed by atoms with E-state index < -0.39 is 5.41 Å². The van der Waals surface area contributed by atoms with Crippen molar-refractivity contribution in [1.82, 2.24) is 0 Å². The lowest BCUT2D eigenvalue weighted by atomic mass is 9.91. The van der Waals surface area contributed by atoms with Crippen LogP contribution in [0.2, 0.25) is 0 Å².